The number of benzene rings is 1. The second-order valence-electron chi connectivity index (χ2n) is 8.39. The predicted octanol–water partition coefficient (Wildman–Crippen LogP) is 2.38. The van der Waals surface area contributed by atoms with Crippen molar-refractivity contribution in [1.82, 2.24) is 20.0 Å². The minimum absolute atomic E-state index is 0. The number of aliphatic hydroxyl groups excluding tert-OH is 1. The summed E-state index contributed by atoms with van der Waals surface area (Å²) < 4.78 is 19.0. The highest BCUT2D eigenvalue weighted by Crippen LogP contribution is 2.19. The first kappa shape index (κ1) is 27.1. The van der Waals surface area contributed by atoms with Crippen LogP contribution in [0.25, 0.3) is 0 Å². The normalized spacial score (nSPS) is 19.0. The molecule has 32 heavy (non-hydrogen) atoms. The number of guanidine groups is 1. The van der Waals surface area contributed by atoms with E-state index >= 15 is 0 Å². The number of hydrogen-bond donors (Lipinski definition) is 2. The van der Waals surface area contributed by atoms with Crippen molar-refractivity contribution in [2.75, 3.05) is 66.0 Å². The van der Waals surface area contributed by atoms with Crippen LogP contribution < -0.4 is 10.1 Å². The molecule has 0 unspecified atom stereocenters. The topological polar surface area (TPSA) is 63.6 Å². The van der Waals surface area contributed by atoms with Gasteiger partial charge in [0.15, 0.2) is 17.5 Å². The summed E-state index contributed by atoms with van der Waals surface area (Å²) in [5.74, 6) is 0.977. The van der Waals surface area contributed by atoms with E-state index in [-0.39, 0.29) is 41.6 Å². The number of aliphatic imine (C=N–C) groups is 1. The molecule has 2 heterocycles. The maximum atomic E-state index is 14.0. The van der Waals surface area contributed by atoms with E-state index in [0.717, 1.165) is 96.2 Å². The van der Waals surface area contributed by atoms with Crippen LogP contribution in [0.5, 0.6) is 5.75 Å². The Morgan fingerprint density at radius 1 is 1.16 bits per heavy atom. The van der Waals surface area contributed by atoms with Gasteiger partial charge in [-0.05, 0) is 50.4 Å². The molecule has 2 aliphatic heterocycles. The number of piperidine rings is 1. The number of ether oxygens (including phenoxy) is 1. The van der Waals surface area contributed by atoms with Gasteiger partial charge in [-0.2, -0.15) is 0 Å². The Labute approximate surface area is 209 Å². The van der Waals surface area contributed by atoms with Gasteiger partial charge in [0.05, 0.1) is 13.2 Å². The monoisotopic (exact) mass is 563 g/mol. The van der Waals surface area contributed by atoms with Crippen molar-refractivity contribution in [3.63, 3.8) is 0 Å². The fourth-order valence-corrected chi connectivity index (χ4v) is 4.23. The molecule has 2 aliphatic rings. The van der Waals surface area contributed by atoms with Gasteiger partial charge in [-0.3, -0.25) is 9.89 Å². The van der Waals surface area contributed by atoms with Crippen LogP contribution in [-0.2, 0) is 6.54 Å². The van der Waals surface area contributed by atoms with Gasteiger partial charge in [-0.25, -0.2) is 4.39 Å². The summed E-state index contributed by atoms with van der Waals surface area (Å²) in [7, 11) is 1.49. The number of methoxy groups -OCH3 is 1. The number of rotatable bonds is 8. The number of halogens is 2. The molecule has 0 atom stereocenters. The van der Waals surface area contributed by atoms with Gasteiger partial charge >= 0.3 is 0 Å². The molecular formula is C23H39FIN5O2. The molecule has 3 rings (SSSR count). The zero-order valence-electron chi connectivity index (χ0n) is 19.4. The Kier molecular flexibility index (Phi) is 12.0. The molecule has 2 N–H and O–H groups in total. The van der Waals surface area contributed by atoms with Crippen molar-refractivity contribution in [3.05, 3.63) is 29.6 Å². The Bertz CT molecular complexity index is 708. The lowest BCUT2D eigenvalue weighted by molar-refractivity contribution is 0.0824. The zero-order valence-corrected chi connectivity index (χ0v) is 21.8. The Hall–Kier alpha value is -1.17. The average Bonchev–Trinajstić information content (AvgIpc) is 2.78. The molecule has 2 fully saturated rings. The number of nitrogens with zero attached hydrogens (tertiary/aromatic N) is 4. The third-order valence-electron chi connectivity index (χ3n) is 6.08. The molecule has 2 saturated heterocycles. The molecule has 0 spiro atoms. The van der Waals surface area contributed by atoms with Gasteiger partial charge in [0, 0.05) is 58.9 Å². The van der Waals surface area contributed by atoms with E-state index in [1.54, 1.807) is 12.1 Å². The summed E-state index contributed by atoms with van der Waals surface area (Å²) >= 11 is 0. The molecule has 0 aromatic heterocycles. The van der Waals surface area contributed by atoms with E-state index in [1.165, 1.54) is 7.11 Å². The van der Waals surface area contributed by atoms with Crippen molar-refractivity contribution in [2.24, 2.45) is 4.99 Å². The Balaban J connectivity index is 0.00000363. The summed E-state index contributed by atoms with van der Waals surface area (Å²) in [6.45, 7) is 11.2. The second kappa shape index (κ2) is 14.2. The molecule has 7 nitrogen and oxygen atoms in total. The van der Waals surface area contributed by atoms with E-state index in [9.17, 15) is 9.50 Å². The number of likely N-dealkylation sites (tertiary alicyclic amines) is 1. The zero-order chi connectivity index (χ0) is 22.1. The average molecular weight is 564 g/mol. The van der Waals surface area contributed by atoms with Crippen LogP contribution in [0.15, 0.2) is 23.2 Å². The van der Waals surface area contributed by atoms with Gasteiger partial charge in [-0.15, -0.1) is 24.0 Å². The number of piperazine rings is 1. The lowest BCUT2D eigenvalue weighted by Crippen LogP contribution is -2.52. The minimum Gasteiger partial charge on any atom is -0.494 e. The van der Waals surface area contributed by atoms with Crippen molar-refractivity contribution in [2.45, 2.75) is 38.8 Å². The van der Waals surface area contributed by atoms with E-state index in [4.69, 9.17) is 9.73 Å². The highest BCUT2D eigenvalue weighted by molar-refractivity contribution is 14.0. The minimum atomic E-state index is -0.305. The van der Waals surface area contributed by atoms with Crippen LogP contribution in [0, 0.1) is 5.82 Å². The fraction of sp³-hybridized carbons (Fsp3) is 0.696. The molecular weight excluding hydrogens is 524 g/mol. The molecule has 0 radical (unpaired) electrons. The maximum Gasteiger partial charge on any atom is 0.194 e. The molecule has 0 aliphatic carbocycles. The first-order chi connectivity index (χ1) is 15.1. The molecule has 0 amide bonds. The SMILES string of the molecule is CCNC(=NCCCN1CCC(O)CC1)N1CCN(Cc2ccc(OC)c(F)c2)CC1.I. The van der Waals surface area contributed by atoms with Crippen LogP contribution in [0.3, 0.4) is 0 Å². The van der Waals surface area contributed by atoms with Crippen molar-refractivity contribution in [1.29, 1.82) is 0 Å². The quantitative estimate of drug-likeness (QED) is 0.219. The van der Waals surface area contributed by atoms with Crippen LogP contribution >= 0.6 is 24.0 Å². The second-order valence-corrected chi connectivity index (χ2v) is 8.39. The number of aliphatic hydroxyl groups is 1. The van der Waals surface area contributed by atoms with E-state index < -0.39 is 0 Å². The highest BCUT2D eigenvalue weighted by Gasteiger charge is 2.20. The third kappa shape index (κ3) is 8.31. The van der Waals surface area contributed by atoms with E-state index in [2.05, 4.69) is 26.9 Å². The fourth-order valence-electron chi connectivity index (χ4n) is 4.23. The molecule has 182 valence electrons. The van der Waals surface area contributed by atoms with E-state index in [0.29, 0.717) is 0 Å². The highest BCUT2D eigenvalue weighted by atomic mass is 127. The van der Waals surface area contributed by atoms with Crippen LogP contribution in [0.4, 0.5) is 4.39 Å². The van der Waals surface area contributed by atoms with Gasteiger partial charge in [0.1, 0.15) is 0 Å². The standard InChI is InChI=1S/C23H38FN5O2.HI/c1-3-25-23(26-9-4-10-27-11-7-20(30)8-12-27)29-15-13-28(14-16-29)18-19-5-6-22(31-2)21(24)17-19;/h5-6,17,20,30H,3-4,7-16,18H2,1-2H3,(H,25,26);1H. The smallest absolute Gasteiger partial charge is 0.194 e. The predicted molar refractivity (Wildman–Crippen MR) is 137 cm³/mol. The van der Waals surface area contributed by atoms with Crippen molar-refractivity contribution >= 4 is 29.9 Å². The third-order valence-corrected chi connectivity index (χ3v) is 6.08. The number of nitrogens with one attached hydrogen (secondary N) is 1. The largest absolute Gasteiger partial charge is 0.494 e. The lowest BCUT2D eigenvalue weighted by Gasteiger charge is -2.36. The Morgan fingerprint density at radius 3 is 2.50 bits per heavy atom. The first-order valence-corrected chi connectivity index (χ1v) is 11.6. The summed E-state index contributed by atoms with van der Waals surface area (Å²) in [5, 5.41) is 13.1. The first-order valence-electron chi connectivity index (χ1n) is 11.6. The molecule has 0 saturated carbocycles. The van der Waals surface area contributed by atoms with Crippen LogP contribution in [0.1, 0.15) is 31.7 Å². The summed E-state index contributed by atoms with van der Waals surface area (Å²) in [6, 6.07) is 5.20. The lowest BCUT2D eigenvalue weighted by atomic mass is 10.1. The van der Waals surface area contributed by atoms with Crippen LogP contribution in [0.2, 0.25) is 0 Å². The molecule has 1 aromatic carbocycles. The van der Waals surface area contributed by atoms with Crippen molar-refractivity contribution in [3.8, 4) is 5.75 Å². The molecule has 1 aromatic rings. The van der Waals surface area contributed by atoms with Gasteiger partial charge in [0.2, 0.25) is 0 Å². The van der Waals surface area contributed by atoms with Crippen LogP contribution in [-0.4, -0.2) is 97.9 Å². The summed E-state index contributed by atoms with van der Waals surface area (Å²) in [6.07, 6.45) is 2.70. The molecule has 9 heteroatoms. The van der Waals surface area contributed by atoms with Crippen molar-refractivity contribution < 1.29 is 14.2 Å². The molecule has 0 bridgehead atoms. The van der Waals surface area contributed by atoms with E-state index in [1.807, 2.05) is 6.07 Å². The Morgan fingerprint density at radius 2 is 1.88 bits per heavy atom. The number of hydrogen-bond acceptors (Lipinski definition) is 5. The van der Waals surface area contributed by atoms with Gasteiger partial charge < -0.3 is 25.0 Å². The summed E-state index contributed by atoms with van der Waals surface area (Å²) in [5.41, 5.74) is 0.970. The maximum absolute atomic E-state index is 14.0. The van der Waals surface area contributed by atoms with Gasteiger partial charge in [0.25, 0.3) is 0 Å². The summed E-state index contributed by atoms with van der Waals surface area (Å²) in [4.78, 5) is 12.0. The van der Waals surface area contributed by atoms with Gasteiger partial charge in [-0.1, -0.05) is 6.07 Å².